The number of rotatable bonds is 1. The van der Waals surface area contributed by atoms with Crippen molar-refractivity contribution in [2.75, 3.05) is 0 Å². The van der Waals surface area contributed by atoms with Crippen molar-refractivity contribution in [3.05, 3.63) is 48.0 Å². The Bertz CT molecular complexity index is 497. The van der Waals surface area contributed by atoms with Crippen molar-refractivity contribution in [1.82, 2.24) is 4.98 Å². The van der Waals surface area contributed by atoms with E-state index < -0.39 is 5.82 Å². The van der Waals surface area contributed by atoms with Crippen LogP contribution < -0.4 is 0 Å². The van der Waals surface area contributed by atoms with Gasteiger partial charge in [0.25, 0.3) is 0 Å². The van der Waals surface area contributed by atoms with Gasteiger partial charge in [0.2, 0.25) is 0 Å². The van der Waals surface area contributed by atoms with Crippen LogP contribution in [0.2, 0.25) is 0 Å². The molecule has 0 bridgehead atoms. The molecule has 0 unspecified atom stereocenters. The van der Waals surface area contributed by atoms with Gasteiger partial charge in [-0.05, 0) is 25.1 Å². The summed E-state index contributed by atoms with van der Waals surface area (Å²) >= 11 is 0. The standard InChI is InChI=1S/C12H10FNO/c1-8-10(3-2-6-14-8)11-5-4-9(15)7-12(11)13/h2-7,15H,1H3. The molecule has 1 heterocycles. The molecule has 0 amide bonds. The van der Waals surface area contributed by atoms with Crippen LogP contribution in [-0.2, 0) is 0 Å². The molecule has 0 aliphatic rings. The molecule has 2 rings (SSSR count). The van der Waals surface area contributed by atoms with Crippen molar-refractivity contribution in [2.45, 2.75) is 6.92 Å². The SMILES string of the molecule is Cc1ncccc1-c1ccc(O)cc1F. The number of phenolic OH excluding ortho intramolecular Hbond substituents is 1. The fraction of sp³-hybridized carbons (Fsp3) is 0.0833. The number of benzene rings is 1. The van der Waals surface area contributed by atoms with Crippen LogP contribution in [0.4, 0.5) is 4.39 Å². The first-order valence-corrected chi connectivity index (χ1v) is 4.59. The second kappa shape index (κ2) is 3.69. The van der Waals surface area contributed by atoms with Crippen LogP contribution >= 0.6 is 0 Å². The summed E-state index contributed by atoms with van der Waals surface area (Å²) in [7, 11) is 0. The zero-order valence-corrected chi connectivity index (χ0v) is 8.24. The first-order chi connectivity index (χ1) is 7.18. The van der Waals surface area contributed by atoms with E-state index in [9.17, 15) is 4.39 Å². The third-order valence-corrected chi connectivity index (χ3v) is 2.25. The average molecular weight is 203 g/mol. The van der Waals surface area contributed by atoms with E-state index in [1.165, 1.54) is 6.07 Å². The Morgan fingerprint density at radius 1 is 1.20 bits per heavy atom. The molecule has 1 N–H and O–H groups in total. The number of halogens is 1. The summed E-state index contributed by atoms with van der Waals surface area (Å²) in [5, 5.41) is 9.10. The highest BCUT2D eigenvalue weighted by Crippen LogP contribution is 2.26. The normalized spacial score (nSPS) is 10.3. The molecule has 0 aliphatic carbocycles. The molecule has 2 aromatic rings. The van der Waals surface area contributed by atoms with Crippen molar-refractivity contribution in [2.24, 2.45) is 0 Å². The molecular formula is C12H10FNO. The lowest BCUT2D eigenvalue weighted by atomic mass is 10.0. The third-order valence-electron chi connectivity index (χ3n) is 2.25. The molecule has 2 nitrogen and oxygen atoms in total. The molecule has 1 aromatic carbocycles. The lowest BCUT2D eigenvalue weighted by Crippen LogP contribution is -1.89. The number of phenols is 1. The molecule has 76 valence electrons. The van der Waals surface area contributed by atoms with Gasteiger partial charge in [-0.3, -0.25) is 4.98 Å². The quantitative estimate of drug-likeness (QED) is 0.773. The van der Waals surface area contributed by atoms with Crippen molar-refractivity contribution in [3.63, 3.8) is 0 Å². The number of aromatic hydroxyl groups is 1. The summed E-state index contributed by atoms with van der Waals surface area (Å²) in [4.78, 5) is 4.09. The smallest absolute Gasteiger partial charge is 0.134 e. The minimum atomic E-state index is -0.439. The maximum Gasteiger partial charge on any atom is 0.134 e. The number of aromatic nitrogens is 1. The summed E-state index contributed by atoms with van der Waals surface area (Å²) in [5.41, 5.74) is 1.97. The molecule has 0 saturated heterocycles. The van der Waals surface area contributed by atoms with Gasteiger partial charge in [0.15, 0.2) is 0 Å². The molecule has 0 saturated carbocycles. The molecule has 0 spiro atoms. The molecule has 0 fully saturated rings. The summed E-state index contributed by atoms with van der Waals surface area (Å²) in [6.45, 7) is 1.82. The van der Waals surface area contributed by atoms with Gasteiger partial charge in [0.05, 0.1) is 0 Å². The predicted octanol–water partition coefficient (Wildman–Crippen LogP) is 2.90. The van der Waals surface area contributed by atoms with E-state index >= 15 is 0 Å². The number of hydrogen-bond acceptors (Lipinski definition) is 2. The van der Waals surface area contributed by atoms with E-state index in [1.54, 1.807) is 24.4 Å². The molecule has 15 heavy (non-hydrogen) atoms. The second-order valence-electron chi connectivity index (χ2n) is 3.30. The number of pyridine rings is 1. The molecule has 0 aliphatic heterocycles. The Balaban J connectivity index is 2.60. The first-order valence-electron chi connectivity index (χ1n) is 4.59. The van der Waals surface area contributed by atoms with E-state index in [0.29, 0.717) is 5.56 Å². The van der Waals surface area contributed by atoms with Crippen LogP contribution in [-0.4, -0.2) is 10.1 Å². The van der Waals surface area contributed by atoms with Crippen molar-refractivity contribution in [3.8, 4) is 16.9 Å². The number of nitrogens with zero attached hydrogens (tertiary/aromatic N) is 1. The van der Waals surface area contributed by atoms with Crippen molar-refractivity contribution >= 4 is 0 Å². The first kappa shape index (κ1) is 9.65. The fourth-order valence-corrected chi connectivity index (χ4v) is 1.49. The lowest BCUT2D eigenvalue weighted by molar-refractivity contribution is 0.469. The Hall–Kier alpha value is -1.90. The maximum absolute atomic E-state index is 13.5. The third kappa shape index (κ3) is 1.81. The monoisotopic (exact) mass is 203 g/mol. The minimum Gasteiger partial charge on any atom is -0.508 e. The Kier molecular flexibility index (Phi) is 2.37. The van der Waals surface area contributed by atoms with E-state index in [4.69, 9.17) is 5.11 Å². The zero-order valence-electron chi connectivity index (χ0n) is 8.24. The van der Waals surface area contributed by atoms with Crippen LogP contribution in [0.1, 0.15) is 5.69 Å². The van der Waals surface area contributed by atoms with Gasteiger partial charge in [0.1, 0.15) is 11.6 Å². The second-order valence-corrected chi connectivity index (χ2v) is 3.30. The number of aryl methyl sites for hydroxylation is 1. The molecule has 0 atom stereocenters. The summed E-state index contributed by atoms with van der Waals surface area (Å²) in [6.07, 6.45) is 1.66. The van der Waals surface area contributed by atoms with Gasteiger partial charge < -0.3 is 5.11 Å². The molecule has 1 aromatic heterocycles. The predicted molar refractivity (Wildman–Crippen MR) is 56.0 cm³/mol. The Morgan fingerprint density at radius 3 is 2.67 bits per heavy atom. The number of hydrogen-bond donors (Lipinski definition) is 1. The van der Waals surface area contributed by atoms with Crippen LogP contribution in [0.5, 0.6) is 5.75 Å². The largest absolute Gasteiger partial charge is 0.508 e. The van der Waals surface area contributed by atoms with E-state index in [2.05, 4.69) is 4.98 Å². The summed E-state index contributed by atoms with van der Waals surface area (Å²) < 4.78 is 13.5. The topological polar surface area (TPSA) is 33.1 Å². The van der Waals surface area contributed by atoms with Gasteiger partial charge in [-0.15, -0.1) is 0 Å². The zero-order chi connectivity index (χ0) is 10.8. The van der Waals surface area contributed by atoms with E-state index in [-0.39, 0.29) is 5.75 Å². The lowest BCUT2D eigenvalue weighted by Gasteiger charge is -2.06. The van der Waals surface area contributed by atoms with Crippen LogP contribution in [0.3, 0.4) is 0 Å². The Morgan fingerprint density at radius 2 is 2.00 bits per heavy atom. The fourth-order valence-electron chi connectivity index (χ4n) is 1.49. The maximum atomic E-state index is 13.5. The summed E-state index contributed by atoms with van der Waals surface area (Å²) in [5.74, 6) is -0.510. The van der Waals surface area contributed by atoms with Gasteiger partial charge in [-0.2, -0.15) is 0 Å². The molecule has 0 radical (unpaired) electrons. The summed E-state index contributed by atoms with van der Waals surface area (Å²) in [6, 6.07) is 7.67. The van der Waals surface area contributed by atoms with Gasteiger partial charge in [-0.25, -0.2) is 4.39 Å². The van der Waals surface area contributed by atoms with E-state index in [1.807, 2.05) is 6.92 Å². The van der Waals surface area contributed by atoms with Gasteiger partial charge in [0, 0.05) is 29.1 Å². The molecule has 3 heteroatoms. The van der Waals surface area contributed by atoms with Crippen LogP contribution in [0, 0.1) is 12.7 Å². The van der Waals surface area contributed by atoms with Crippen LogP contribution in [0.15, 0.2) is 36.5 Å². The molecular weight excluding hydrogens is 193 g/mol. The van der Waals surface area contributed by atoms with Crippen molar-refractivity contribution < 1.29 is 9.50 Å². The van der Waals surface area contributed by atoms with Gasteiger partial charge >= 0.3 is 0 Å². The van der Waals surface area contributed by atoms with E-state index in [0.717, 1.165) is 17.3 Å². The highest BCUT2D eigenvalue weighted by molar-refractivity contribution is 5.66. The minimum absolute atomic E-state index is 0.0715. The van der Waals surface area contributed by atoms with Gasteiger partial charge in [-0.1, -0.05) is 6.07 Å². The highest BCUT2D eigenvalue weighted by Gasteiger charge is 2.08. The average Bonchev–Trinajstić information content (AvgIpc) is 2.20. The van der Waals surface area contributed by atoms with Crippen LogP contribution in [0.25, 0.3) is 11.1 Å². The Labute approximate surface area is 87.0 Å². The highest BCUT2D eigenvalue weighted by atomic mass is 19.1. The van der Waals surface area contributed by atoms with Crippen molar-refractivity contribution in [1.29, 1.82) is 0 Å².